The lowest BCUT2D eigenvalue weighted by Crippen LogP contribution is -2.39. The van der Waals surface area contributed by atoms with Gasteiger partial charge in [-0.15, -0.1) is 0 Å². The van der Waals surface area contributed by atoms with Crippen molar-refractivity contribution in [2.75, 3.05) is 25.1 Å². The largest absolute Gasteiger partial charge is 0.497 e. The van der Waals surface area contributed by atoms with Crippen molar-refractivity contribution >= 4 is 27.6 Å². The van der Waals surface area contributed by atoms with E-state index >= 15 is 0 Å². The van der Waals surface area contributed by atoms with Crippen molar-refractivity contribution in [2.24, 2.45) is 0 Å². The number of fused-ring (bicyclic) bond motifs is 2. The zero-order valence-electron chi connectivity index (χ0n) is 15.3. The summed E-state index contributed by atoms with van der Waals surface area (Å²) < 4.78 is 32.2. The Bertz CT molecular complexity index is 1160. The van der Waals surface area contributed by atoms with Crippen LogP contribution < -0.4 is 9.64 Å². The molecule has 2 aromatic heterocycles. The van der Waals surface area contributed by atoms with E-state index in [0.29, 0.717) is 24.6 Å². The highest BCUT2D eigenvalue weighted by atomic mass is 19.3. The van der Waals surface area contributed by atoms with Gasteiger partial charge in [0, 0.05) is 37.0 Å². The van der Waals surface area contributed by atoms with Crippen molar-refractivity contribution in [1.29, 1.82) is 0 Å². The van der Waals surface area contributed by atoms with E-state index in [1.54, 1.807) is 7.11 Å². The van der Waals surface area contributed by atoms with Gasteiger partial charge < -0.3 is 14.6 Å². The molecule has 1 aliphatic rings. The lowest BCUT2D eigenvalue weighted by Gasteiger charge is -2.33. The van der Waals surface area contributed by atoms with E-state index in [4.69, 9.17) is 4.74 Å². The van der Waals surface area contributed by atoms with Gasteiger partial charge in [0.15, 0.2) is 5.82 Å². The van der Waals surface area contributed by atoms with Crippen LogP contribution >= 0.6 is 0 Å². The molecule has 3 heterocycles. The van der Waals surface area contributed by atoms with Gasteiger partial charge in [0.25, 0.3) is 5.92 Å². The molecule has 144 valence electrons. The van der Waals surface area contributed by atoms with Crippen molar-refractivity contribution in [3.63, 3.8) is 0 Å². The molecule has 28 heavy (non-hydrogen) atoms. The van der Waals surface area contributed by atoms with E-state index in [9.17, 15) is 8.78 Å². The number of hydrogen-bond donors (Lipinski definition) is 2. The first-order valence-electron chi connectivity index (χ1n) is 9.17. The summed E-state index contributed by atoms with van der Waals surface area (Å²) in [5, 5.41) is 8.32. The van der Waals surface area contributed by atoms with Gasteiger partial charge in [-0.2, -0.15) is 5.10 Å². The second kappa shape index (κ2) is 6.19. The fourth-order valence-electron chi connectivity index (χ4n) is 3.70. The average molecular weight is 383 g/mol. The number of aromatic amines is 2. The van der Waals surface area contributed by atoms with Gasteiger partial charge in [-0.3, -0.25) is 5.10 Å². The Hall–Kier alpha value is -3.16. The van der Waals surface area contributed by atoms with Gasteiger partial charge in [0.2, 0.25) is 0 Å². The molecule has 0 bridgehead atoms. The molecular weight excluding hydrogens is 364 g/mol. The third-order valence-electron chi connectivity index (χ3n) is 5.32. The second-order valence-corrected chi connectivity index (χ2v) is 7.11. The van der Waals surface area contributed by atoms with Crippen molar-refractivity contribution in [2.45, 2.75) is 18.8 Å². The number of benzene rings is 2. The quantitative estimate of drug-likeness (QED) is 0.552. The lowest BCUT2D eigenvalue weighted by molar-refractivity contribution is -0.0220. The van der Waals surface area contributed by atoms with Crippen molar-refractivity contribution in [1.82, 2.24) is 20.2 Å². The minimum atomic E-state index is -2.55. The number of aromatic nitrogens is 4. The molecule has 0 saturated carbocycles. The fourth-order valence-corrected chi connectivity index (χ4v) is 3.70. The van der Waals surface area contributed by atoms with E-state index in [-0.39, 0.29) is 12.8 Å². The molecule has 1 aliphatic heterocycles. The van der Waals surface area contributed by atoms with Crippen LogP contribution in [0.2, 0.25) is 0 Å². The van der Waals surface area contributed by atoms with Crippen LogP contribution in [0, 0.1) is 0 Å². The number of alkyl halides is 2. The number of H-pyrrole nitrogens is 2. The molecule has 8 heteroatoms. The van der Waals surface area contributed by atoms with E-state index in [1.807, 2.05) is 41.3 Å². The van der Waals surface area contributed by atoms with Gasteiger partial charge in [-0.1, -0.05) is 0 Å². The summed E-state index contributed by atoms with van der Waals surface area (Å²) in [6, 6.07) is 11.5. The van der Waals surface area contributed by atoms with Crippen LogP contribution in [-0.4, -0.2) is 46.3 Å². The number of nitrogens with zero attached hydrogens (tertiary/aromatic N) is 3. The van der Waals surface area contributed by atoms with Crippen molar-refractivity contribution in [3.8, 4) is 17.3 Å². The maximum atomic E-state index is 13.4. The molecule has 0 atom stereocenters. The van der Waals surface area contributed by atoms with Gasteiger partial charge in [-0.25, -0.2) is 13.8 Å². The molecule has 0 amide bonds. The zero-order valence-corrected chi connectivity index (χ0v) is 15.3. The minimum Gasteiger partial charge on any atom is -0.497 e. The number of imidazole rings is 1. The van der Waals surface area contributed by atoms with Crippen LogP contribution in [-0.2, 0) is 0 Å². The van der Waals surface area contributed by atoms with E-state index in [2.05, 4.69) is 20.2 Å². The molecular formula is C20H19F2N5O. The molecule has 0 spiro atoms. The lowest BCUT2D eigenvalue weighted by atomic mass is 10.1. The van der Waals surface area contributed by atoms with Gasteiger partial charge in [-0.05, 0) is 36.4 Å². The zero-order chi connectivity index (χ0) is 19.3. The third-order valence-corrected chi connectivity index (χ3v) is 5.32. The smallest absolute Gasteiger partial charge is 0.251 e. The van der Waals surface area contributed by atoms with Crippen LogP contribution in [0.3, 0.4) is 0 Å². The minimum absolute atomic E-state index is 0.111. The van der Waals surface area contributed by atoms with Crippen LogP contribution in [0.4, 0.5) is 14.5 Å². The first kappa shape index (κ1) is 17.0. The highest BCUT2D eigenvalue weighted by Gasteiger charge is 2.34. The topological polar surface area (TPSA) is 69.8 Å². The Morgan fingerprint density at radius 2 is 1.89 bits per heavy atom. The molecule has 0 unspecified atom stereocenters. The molecule has 5 rings (SSSR count). The highest BCUT2D eigenvalue weighted by Crippen LogP contribution is 2.33. The molecule has 2 aromatic carbocycles. The Kier molecular flexibility index (Phi) is 3.75. The van der Waals surface area contributed by atoms with Crippen molar-refractivity contribution < 1.29 is 13.5 Å². The maximum absolute atomic E-state index is 13.4. The Balaban J connectivity index is 1.51. The molecule has 6 nitrogen and oxygen atoms in total. The normalized spacial score (nSPS) is 16.8. The number of ether oxygens (including phenoxy) is 1. The molecule has 2 N–H and O–H groups in total. The van der Waals surface area contributed by atoms with E-state index in [0.717, 1.165) is 33.4 Å². The highest BCUT2D eigenvalue weighted by molar-refractivity contribution is 5.94. The van der Waals surface area contributed by atoms with E-state index in [1.165, 1.54) is 0 Å². The van der Waals surface area contributed by atoms with Crippen molar-refractivity contribution in [3.05, 3.63) is 36.4 Å². The van der Waals surface area contributed by atoms with Gasteiger partial charge in [0.1, 0.15) is 11.4 Å². The standard InChI is InChI=1S/C20H19F2N5O/c1-28-13-3-5-15-14(11-13)18(26-25-15)19-23-16-4-2-12(10-17(16)24-19)27-8-6-20(21,22)7-9-27/h2-5,10-11H,6-9H2,1H3,(H,23,24)(H,25,26). The fraction of sp³-hybridized carbons (Fsp3) is 0.300. The second-order valence-electron chi connectivity index (χ2n) is 7.11. The number of nitrogens with one attached hydrogen (secondary N) is 2. The first-order valence-corrected chi connectivity index (χ1v) is 9.17. The first-order chi connectivity index (χ1) is 13.5. The summed E-state index contributed by atoms with van der Waals surface area (Å²) in [7, 11) is 1.63. The van der Waals surface area contributed by atoms with Crippen LogP contribution in [0.5, 0.6) is 5.75 Å². The summed E-state index contributed by atoms with van der Waals surface area (Å²) in [4.78, 5) is 9.96. The summed E-state index contributed by atoms with van der Waals surface area (Å²) >= 11 is 0. The Morgan fingerprint density at radius 3 is 2.68 bits per heavy atom. The monoisotopic (exact) mass is 383 g/mol. The molecule has 4 aromatic rings. The number of halogens is 2. The number of anilines is 1. The Morgan fingerprint density at radius 1 is 1.07 bits per heavy atom. The number of hydrogen-bond acceptors (Lipinski definition) is 4. The summed E-state index contributed by atoms with van der Waals surface area (Å²) in [6.07, 6.45) is -0.222. The van der Waals surface area contributed by atoms with Gasteiger partial charge >= 0.3 is 0 Å². The van der Waals surface area contributed by atoms with Crippen LogP contribution in [0.25, 0.3) is 33.5 Å². The molecule has 0 aliphatic carbocycles. The molecule has 0 radical (unpaired) electrons. The predicted octanol–water partition coefficient (Wildman–Crippen LogP) is 4.35. The maximum Gasteiger partial charge on any atom is 0.251 e. The van der Waals surface area contributed by atoms with Crippen LogP contribution in [0.15, 0.2) is 36.4 Å². The average Bonchev–Trinajstić information content (AvgIpc) is 3.30. The number of piperidine rings is 1. The molecule has 1 saturated heterocycles. The molecule has 1 fully saturated rings. The third kappa shape index (κ3) is 2.85. The predicted molar refractivity (Wildman–Crippen MR) is 104 cm³/mol. The number of rotatable bonds is 3. The van der Waals surface area contributed by atoms with Gasteiger partial charge in [0.05, 0.1) is 23.7 Å². The Labute approximate surface area is 159 Å². The summed E-state index contributed by atoms with van der Waals surface area (Å²) in [6.45, 7) is 0.701. The summed E-state index contributed by atoms with van der Waals surface area (Å²) in [5.74, 6) is -1.16. The number of methoxy groups -OCH3 is 1. The van der Waals surface area contributed by atoms with E-state index < -0.39 is 5.92 Å². The van der Waals surface area contributed by atoms with Crippen LogP contribution in [0.1, 0.15) is 12.8 Å². The summed E-state index contributed by atoms with van der Waals surface area (Å²) in [5.41, 5.74) is 4.19. The SMILES string of the molecule is COc1ccc2[nH]nc(-c3nc4ccc(N5CCC(F)(F)CC5)cc4[nH]3)c2c1.